The number of hydrogen-bond acceptors (Lipinski definition) is 6. The molecule has 1 unspecified atom stereocenters. The average Bonchev–Trinajstić information content (AvgIpc) is 2.96. The number of methoxy groups -OCH3 is 1. The topological polar surface area (TPSA) is 94.0 Å². The number of ether oxygens (including phenoxy) is 1. The van der Waals surface area contributed by atoms with E-state index in [-0.39, 0.29) is 12.0 Å². The second-order valence-corrected chi connectivity index (χ2v) is 6.32. The van der Waals surface area contributed by atoms with E-state index < -0.39 is 18.6 Å². The molecule has 2 aromatic rings. The maximum Gasteiger partial charge on any atom is 0.407 e. The van der Waals surface area contributed by atoms with Crippen molar-refractivity contribution in [2.75, 3.05) is 18.9 Å². The minimum atomic E-state index is -1.98. The van der Waals surface area contributed by atoms with Gasteiger partial charge in [-0.3, -0.25) is 4.68 Å². The summed E-state index contributed by atoms with van der Waals surface area (Å²) in [7, 11) is 1.22. The van der Waals surface area contributed by atoms with E-state index in [1.807, 2.05) is 24.7 Å². The molecule has 0 radical (unpaired) electrons. The summed E-state index contributed by atoms with van der Waals surface area (Å²) >= 11 is 2.14. The summed E-state index contributed by atoms with van der Waals surface area (Å²) in [6.45, 7) is 3.60. The highest BCUT2D eigenvalue weighted by atomic mass is 127. The van der Waals surface area contributed by atoms with Crippen molar-refractivity contribution in [3.63, 3.8) is 0 Å². The maximum absolute atomic E-state index is 11.3. The molecule has 24 heavy (non-hydrogen) atoms. The van der Waals surface area contributed by atoms with E-state index in [0.717, 1.165) is 9.26 Å². The number of carbonyl (C=O) groups is 1. The lowest BCUT2D eigenvalue weighted by Crippen LogP contribution is -2.37. The molecule has 2 rings (SSSR count). The molecule has 0 spiro atoms. The average molecular weight is 446 g/mol. The van der Waals surface area contributed by atoms with Crippen molar-refractivity contribution < 1.29 is 12.3 Å². The summed E-state index contributed by atoms with van der Waals surface area (Å²) in [6, 6.07) is 1.09. The monoisotopic (exact) mass is 446 g/mol. The second kappa shape index (κ2) is 8.27. The number of amides is 1. The summed E-state index contributed by atoms with van der Waals surface area (Å²) in [5, 5.41) is 9.46. The Bertz CT molecular complexity index is 783. The molecule has 2 N–H and O–H groups in total. The number of halogens is 1. The van der Waals surface area contributed by atoms with Crippen molar-refractivity contribution in [1.82, 2.24) is 25.1 Å². The van der Waals surface area contributed by atoms with E-state index in [0.29, 0.717) is 5.69 Å². The van der Waals surface area contributed by atoms with Gasteiger partial charge < -0.3 is 15.4 Å². The van der Waals surface area contributed by atoms with Crippen molar-refractivity contribution in [3.8, 4) is 11.3 Å². The Labute approximate surface area is 157 Å². The molecule has 0 fully saturated rings. The Morgan fingerprint density at radius 2 is 2.25 bits per heavy atom. The third kappa shape index (κ3) is 4.79. The lowest BCUT2D eigenvalue weighted by atomic mass is 10.2. The second-order valence-electron chi connectivity index (χ2n) is 5.30. The van der Waals surface area contributed by atoms with Gasteiger partial charge in [0.05, 0.1) is 21.1 Å². The number of aromatic nitrogens is 4. The number of anilines is 1. The van der Waals surface area contributed by atoms with Gasteiger partial charge in [-0.2, -0.15) is 5.10 Å². The number of nitrogens with zero attached hydrogens (tertiary/aromatic N) is 4. The Morgan fingerprint density at radius 1 is 1.50 bits per heavy atom. The van der Waals surface area contributed by atoms with Gasteiger partial charge in [-0.15, -0.1) is 0 Å². The van der Waals surface area contributed by atoms with E-state index in [1.165, 1.54) is 14.0 Å². The van der Waals surface area contributed by atoms with Crippen LogP contribution in [0, 0.1) is 3.70 Å². The van der Waals surface area contributed by atoms with Gasteiger partial charge in [0.15, 0.2) is 0 Å². The fraction of sp³-hybridized carbons (Fsp3) is 0.467. The van der Waals surface area contributed by atoms with E-state index in [2.05, 4.69) is 53.0 Å². The van der Waals surface area contributed by atoms with Crippen molar-refractivity contribution in [2.24, 2.45) is 0 Å². The first-order valence-electron chi connectivity index (χ1n) is 8.34. The molecular formula is C15H21IN6O2. The fourth-order valence-corrected chi connectivity index (χ4v) is 2.48. The van der Waals surface area contributed by atoms with Gasteiger partial charge in [-0.25, -0.2) is 14.8 Å². The van der Waals surface area contributed by atoms with Crippen molar-refractivity contribution in [1.29, 1.82) is 0 Å². The Kier molecular flexibility index (Phi) is 5.38. The number of nitrogens with one attached hydrogen (secondary N) is 2. The molecule has 0 aliphatic heterocycles. The molecule has 0 saturated carbocycles. The largest absolute Gasteiger partial charge is 0.453 e. The summed E-state index contributed by atoms with van der Waals surface area (Å²) in [6.07, 6.45) is 2.73. The van der Waals surface area contributed by atoms with Gasteiger partial charge in [-0.05, 0) is 49.4 Å². The molecule has 1 amide bonds. The molecule has 0 aliphatic rings. The van der Waals surface area contributed by atoms with Gasteiger partial charge in [0.2, 0.25) is 5.95 Å². The van der Waals surface area contributed by atoms with Crippen LogP contribution in [0.4, 0.5) is 10.7 Å². The van der Waals surface area contributed by atoms with Gasteiger partial charge in [0.1, 0.15) is 3.70 Å². The molecule has 1 atom stereocenters. The third-order valence-corrected chi connectivity index (χ3v) is 3.86. The van der Waals surface area contributed by atoms with Crippen LogP contribution in [0.2, 0.25) is 0 Å². The zero-order valence-corrected chi connectivity index (χ0v) is 16.0. The summed E-state index contributed by atoms with van der Waals surface area (Å²) in [4.78, 5) is 19.7. The zero-order valence-electron chi connectivity index (χ0n) is 15.9. The smallest absolute Gasteiger partial charge is 0.407 e. The molecular weight excluding hydrogens is 423 g/mol. The molecule has 8 nitrogen and oxygen atoms in total. The normalized spacial score (nSPS) is 13.9. The SMILES string of the molecule is [2H]C([2H])(Nc1nccc(-c2cn(C(C)C)nc2I)n1)C(C)NC(=O)OC. The number of carbonyl (C=O) groups excluding carboxylic acids is 1. The fourth-order valence-electron chi connectivity index (χ4n) is 1.82. The summed E-state index contributed by atoms with van der Waals surface area (Å²) < 4.78 is 23.3. The number of hydrogen-bond donors (Lipinski definition) is 2. The molecule has 2 heterocycles. The molecule has 130 valence electrons. The van der Waals surface area contributed by atoms with Crippen molar-refractivity contribution in [3.05, 3.63) is 22.2 Å². The Morgan fingerprint density at radius 3 is 2.88 bits per heavy atom. The first-order chi connectivity index (χ1) is 12.1. The van der Waals surface area contributed by atoms with Gasteiger partial charge in [-0.1, -0.05) is 0 Å². The quantitative estimate of drug-likeness (QED) is 0.663. The highest BCUT2D eigenvalue weighted by molar-refractivity contribution is 14.1. The van der Waals surface area contributed by atoms with Crippen LogP contribution in [0.25, 0.3) is 11.3 Å². The highest BCUT2D eigenvalue weighted by Crippen LogP contribution is 2.24. The minimum Gasteiger partial charge on any atom is -0.453 e. The number of rotatable bonds is 6. The third-order valence-electron chi connectivity index (χ3n) is 3.07. The van der Waals surface area contributed by atoms with Crippen LogP contribution < -0.4 is 10.6 Å². The van der Waals surface area contributed by atoms with Crippen LogP contribution in [0.5, 0.6) is 0 Å². The van der Waals surface area contributed by atoms with Crippen molar-refractivity contribution >= 4 is 34.6 Å². The van der Waals surface area contributed by atoms with Gasteiger partial charge in [0.25, 0.3) is 0 Å². The van der Waals surface area contributed by atoms with Crippen LogP contribution in [0.15, 0.2) is 18.5 Å². The number of alkyl carbamates (subject to hydrolysis) is 1. The summed E-state index contributed by atoms with van der Waals surface area (Å²) in [5.74, 6) is 0.110. The molecule has 0 bridgehead atoms. The van der Waals surface area contributed by atoms with Crippen LogP contribution in [-0.2, 0) is 4.74 Å². The standard InChI is InChI=1S/C15H21IN6O2/c1-9(2)22-8-11(13(16)21-22)12-5-6-17-14(20-12)18-7-10(3)19-15(23)24-4/h5-6,8-10H,7H2,1-4H3,(H,19,23)(H,17,18,20)/i7D2. The lowest BCUT2D eigenvalue weighted by molar-refractivity contribution is 0.168. The molecule has 2 aromatic heterocycles. The van der Waals surface area contributed by atoms with E-state index in [9.17, 15) is 4.79 Å². The summed E-state index contributed by atoms with van der Waals surface area (Å²) in [5.41, 5.74) is 1.47. The van der Waals surface area contributed by atoms with Crippen LogP contribution in [0.1, 0.15) is 29.6 Å². The Balaban J connectivity index is 2.22. The Hall–Kier alpha value is -1.91. The van der Waals surface area contributed by atoms with Gasteiger partial charge >= 0.3 is 6.09 Å². The zero-order chi connectivity index (χ0) is 19.5. The minimum absolute atomic E-state index is 0.110. The molecule has 0 saturated heterocycles. The first kappa shape index (κ1) is 15.6. The predicted molar refractivity (Wildman–Crippen MR) is 99.8 cm³/mol. The van der Waals surface area contributed by atoms with E-state index in [1.54, 1.807) is 12.3 Å². The van der Waals surface area contributed by atoms with E-state index in [4.69, 9.17) is 2.74 Å². The van der Waals surface area contributed by atoms with Crippen LogP contribution >= 0.6 is 22.6 Å². The highest BCUT2D eigenvalue weighted by Gasteiger charge is 2.13. The predicted octanol–water partition coefficient (Wildman–Crippen LogP) is 2.68. The molecule has 0 aromatic carbocycles. The van der Waals surface area contributed by atoms with Gasteiger partial charge in [0, 0.05) is 31.0 Å². The van der Waals surface area contributed by atoms with Crippen molar-refractivity contribution in [2.45, 2.75) is 32.9 Å². The van der Waals surface area contributed by atoms with E-state index >= 15 is 0 Å². The maximum atomic E-state index is 11.3. The van der Waals surface area contributed by atoms with Crippen LogP contribution in [0.3, 0.4) is 0 Å². The molecule has 9 heteroatoms. The molecule has 0 aliphatic carbocycles. The lowest BCUT2D eigenvalue weighted by Gasteiger charge is -2.13. The first-order valence-corrected chi connectivity index (χ1v) is 8.42. The van der Waals surface area contributed by atoms with Crippen LogP contribution in [-0.4, -0.2) is 45.5 Å².